The van der Waals surface area contributed by atoms with Gasteiger partial charge in [0.05, 0.1) is 0 Å². The van der Waals surface area contributed by atoms with E-state index in [1.807, 2.05) is 6.26 Å². The number of rotatable bonds is 6. The number of amides is 1. The zero-order valence-corrected chi connectivity index (χ0v) is 10.4. The first-order valence-corrected chi connectivity index (χ1v) is 7.06. The predicted octanol–water partition coefficient (Wildman–Crippen LogP) is 1.50. The Balaban J connectivity index is 2.40. The first-order chi connectivity index (χ1) is 7.65. The van der Waals surface area contributed by atoms with Gasteiger partial charge in [-0.2, -0.15) is 11.8 Å². The van der Waals surface area contributed by atoms with E-state index in [1.54, 1.807) is 11.8 Å². The highest BCUT2D eigenvalue weighted by atomic mass is 32.2. The number of aliphatic carboxylic acids is 1. The van der Waals surface area contributed by atoms with Gasteiger partial charge in [0.25, 0.3) is 0 Å². The van der Waals surface area contributed by atoms with Crippen LogP contribution in [0.4, 0.5) is 0 Å². The molecule has 2 N–H and O–H groups in total. The Hall–Kier alpha value is -0.710. The van der Waals surface area contributed by atoms with Crippen molar-refractivity contribution in [1.29, 1.82) is 0 Å². The number of carbonyl (C=O) groups excluding carboxylic acids is 1. The fourth-order valence-electron chi connectivity index (χ4n) is 1.97. The van der Waals surface area contributed by atoms with E-state index in [9.17, 15) is 9.59 Å². The van der Waals surface area contributed by atoms with Gasteiger partial charge in [0, 0.05) is 5.92 Å². The Morgan fingerprint density at radius 1 is 1.44 bits per heavy atom. The summed E-state index contributed by atoms with van der Waals surface area (Å²) in [6.45, 7) is 0. The normalized spacial score (nSPS) is 18.3. The van der Waals surface area contributed by atoms with E-state index in [-0.39, 0.29) is 11.8 Å². The molecule has 1 atom stereocenters. The Morgan fingerprint density at radius 2 is 2.06 bits per heavy atom. The van der Waals surface area contributed by atoms with Crippen molar-refractivity contribution in [2.45, 2.75) is 38.1 Å². The number of carbonyl (C=O) groups is 2. The lowest BCUT2D eigenvalue weighted by atomic mass is 10.1. The maximum absolute atomic E-state index is 11.7. The molecule has 0 aromatic rings. The number of carboxylic acid groups (broad SMARTS) is 1. The second-order valence-electron chi connectivity index (χ2n) is 4.16. The van der Waals surface area contributed by atoms with Crippen molar-refractivity contribution in [1.82, 2.24) is 5.32 Å². The minimum absolute atomic E-state index is 0.0381. The van der Waals surface area contributed by atoms with Crippen molar-refractivity contribution < 1.29 is 14.7 Å². The largest absolute Gasteiger partial charge is 0.480 e. The van der Waals surface area contributed by atoms with Crippen molar-refractivity contribution in [3.05, 3.63) is 0 Å². The molecule has 0 aromatic carbocycles. The quantitative estimate of drug-likeness (QED) is 0.744. The Kier molecular flexibility index (Phi) is 5.66. The molecule has 16 heavy (non-hydrogen) atoms. The van der Waals surface area contributed by atoms with E-state index in [4.69, 9.17) is 5.11 Å². The molecule has 1 fully saturated rings. The SMILES string of the molecule is CSCC[C@H](NC(=O)C1CCCC1)C(=O)O. The van der Waals surface area contributed by atoms with E-state index in [0.717, 1.165) is 31.4 Å². The zero-order chi connectivity index (χ0) is 12.0. The number of hydrogen-bond acceptors (Lipinski definition) is 3. The molecule has 4 nitrogen and oxygen atoms in total. The monoisotopic (exact) mass is 245 g/mol. The third-order valence-corrected chi connectivity index (χ3v) is 3.60. The van der Waals surface area contributed by atoms with Crippen LogP contribution in [0.2, 0.25) is 0 Å². The van der Waals surface area contributed by atoms with Crippen LogP contribution in [0, 0.1) is 5.92 Å². The lowest BCUT2D eigenvalue weighted by Crippen LogP contribution is -2.43. The molecule has 1 rings (SSSR count). The number of hydrogen-bond donors (Lipinski definition) is 2. The molecule has 0 aliphatic heterocycles. The summed E-state index contributed by atoms with van der Waals surface area (Å²) in [5.41, 5.74) is 0. The maximum Gasteiger partial charge on any atom is 0.326 e. The van der Waals surface area contributed by atoms with Crippen LogP contribution in [0.25, 0.3) is 0 Å². The molecule has 0 heterocycles. The van der Waals surface area contributed by atoms with E-state index >= 15 is 0 Å². The Labute approximate surface area is 100 Å². The molecule has 1 aliphatic rings. The van der Waals surface area contributed by atoms with E-state index in [2.05, 4.69) is 5.32 Å². The van der Waals surface area contributed by atoms with Gasteiger partial charge in [-0.05, 0) is 31.3 Å². The summed E-state index contributed by atoms with van der Waals surface area (Å²) in [6, 6.07) is -0.722. The number of nitrogens with one attached hydrogen (secondary N) is 1. The molecule has 92 valence electrons. The summed E-state index contributed by atoms with van der Waals surface area (Å²) in [5, 5.41) is 11.6. The molecule has 0 saturated heterocycles. The lowest BCUT2D eigenvalue weighted by Gasteiger charge is -2.16. The molecular formula is C11H19NO3S. The highest BCUT2D eigenvalue weighted by Crippen LogP contribution is 2.24. The van der Waals surface area contributed by atoms with Gasteiger partial charge in [-0.15, -0.1) is 0 Å². The van der Waals surface area contributed by atoms with Gasteiger partial charge in [0.2, 0.25) is 5.91 Å². The fraction of sp³-hybridized carbons (Fsp3) is 0.818. The molecular weight excluding hydrogens is 226 g/mol. The smallest absolute Gasteiger partial charge is 0.326 e. The fourth-order valence-corrected chi connectivity index (χ4v) is 2.44. The number of carboxylic acids is 1. The average molecular weight is 245 g/mol. The van der Waals surface area contributed by atoms with Gasteiger partial charge in [0.15, 0.2) is 0 Å². The summed E-state index contributed by atoms with van der Waals surface area (Å²) >= 11 is 1.59. The van der Waals surface area contributed by atoms with Crippen molar-refractivity contribution in [3.8, 4) is 0 Å². The lowest BCUT2D eigenvalue weighted by molar-refractivity contribution is -0.142. The van der Waals surface area contributed by atoms with Crippen LogP contribution in [0.3, 0.4) is 0 Å². The van der Waals surface area contributed by atoms with Crippen LogP contribution >= 0.6 is 11.8 Å². The molecule has 0 aromatic heterocycles. The van der Waals surface area contributed by atoms with Crippen molar-refractivity contribution in [2.75, 3.05) is 12.0 Å². The summed E-state index contributed by atoms with van der Waals surface area (Å²) in [5.74, 6) is -0.218. The van der Waals surface area contributed by atoms with Gasteiger partial charge in [-0.1, -0.05) is 12.8 Å². The topological polar surface area (TPSA) is 66.4 Å². The van der Waals surface area contributed by atoms with Crippen LogP contribution in [-0.4, -0.2) is 35.0 Å². The minimum atomic E-state index is -0.930. The summed E-state index contributed by atoms with van der Waals surface area (Å²) in [7, 11) is 0. The Bertz CT molecular complexity index is 252. The van der Waals surface area contributed by atoms with Gasteiger partial charge in [-0.3, -0.25) is 4.79 Å². The van der Waals surface area contributed by atoms with Gasteiger partial charge in [-0.25, -0.2) is 4.79 Å². The third kappa shape index (κ3) is 4.04. The Morgan fingerprint density at radius 3 is 2.56 bits per heavy atom. The van der Waals surface area contributed by atoms with Crippen LogP contribution in [-0.2, 0) is 9.59 Å². The zero-order valence-electron chi connectivity index (χ0n) is 9.57. The second kappa shape index (κ2) is 6.78. The van der Waals surface area contributed by atoms with Crippen molar-refractivity contribution in [2.24, 2.45) is 5.92 Å². The molecule has 0 unspecified atom stereocenters. The molecule has 1 saturated carbocycles. The van der Waals surface area contributed by atoms with Crippen LogP contribution in [0.5, 0.6) is 0 Å². The van der Waals surface area contributed by atoms with Gasteiger partial charge >= 0.3 is 5.97 Å². The standard InChI is InChI=1S/C11H19NO3S/c1-16-7-6-9(11(14)15)12-10(13)8-4-2-3-5-8/h8-9H,2-7H2,1H3,(H,12,13)(H,14,15)/t9-/m0/s1. The van der Waals surface area contributed by atoms with Crippen LogP contribution in [0.1, 0.15) is 32.1 Å². The average Bonchev–Trinajstić information content (AvgIpc) is 2.76. The summed E-state index contributed by atoms with van der Waals surface area (Å²) in [4.78, 5) is 22.7. The highest BCUT2D eigenvalue weighted by molar-refractivity contribution is 7.98. The van der Waals surface area contributed by atoms with Crippen LogP contribution < -0.4 is 5.32 Å². The van der Waals surface area contributed by atoms with Crippen molar-refractivity contribution >= 4 is 23.6 Å². The van der Waals surface area contributed by atoms with E-state index in [1.165, 1.54) is 0 Å². The summed E-state index contributed by atoms with van der Waals surface area (Å²) < 4.78 is 0. The second-order valence-corrected chi connectivity index (χ2v) is 5.15. The van der Waals surface area contributed by atoms with Gasteiger partial charge in [0.1, 0.15) is 6.04 Å². The van der Waals surface area contributed by atoms with Gasteiger partial charge < -0.3 is 10.4 Å². The molecule has 0 bridgehead atoms. The maximum atomic E-state index is 11.7. The van der Waals surface area contributed by atoms with Crippen molar-refractivity contribution in [3.63, 3.8) is 0 Å². The van der Waals surface area contributed by atoms with E-state index in [0.29, 0.717) is 6.42 Å². The first-order valence-electron chi connectivity index (χ1n) is 5.67. The predicted molar refractivity (Wildman–Crippen MR) is 64.5 cm³/mol. The molecule has 1 amide bonds. The molecule has 5 heteroatoms. The highest BCUT2D eigenvalue weighted by Gasteiger charge is 2.26. The van der Waals surface area contributed by atoms with Crippen LogP contribution in [0.15, 0.2) is 0 Å². The molecule has 1 aliphatic carbocycles. The minimum Gasteiger partial charge on any atom is -0.480 e. The summed E-state index contributed by atoms with van der Waals surface area (Å²) in [6.07, 6.45) is 6.40. The van der Waals surface area contributed by atoms with E-state index < -0.39 is 12.0 Å². The molecule has 0 spiro atoms. The third-order valence-electron chi connectivity index (χ3n) is 2.95. The first kappa shape index (κ1) is 13.4. The number of thioether (sulfide) groups is 1. The molecule has 0 radical (unpaired) electrons.